The van der Waals surface area contributed by atoms with Gasteiger partial charge in [-0.1, -0.05) is 60.7 Å². The summed E-state index contributed by atoms with van der Waals surface area (Å²) in [6.07, 6.45) is 3.48. The number of ether oxygens (including phenoxy) is 1. The van der Waals surface area contributed by atoms with Gasteiger partial charge in [-0.05, 0) is 41.0 Å². The van der Waals surface area contributed by atoms with E-state index in [1.165, 1.54) is 0 Å². The van der Waals surface area contributed by atoms with E-state index in [1.807, 2.05) is 78.9 Å². The third-order valence-electron chi connectivity index (χ3n) is 5.51. The van der Waals surface area contributed by atoms with Gasteiger partial charge in [0.2, 0.25) is 0 Å². The number of benzene rings is 3. The normalized spacial score (nSPS) is 10.8. The maximum absolute atomic E-state index is 12.7. The van der Waals surface area contributed by atoms with Crippen molar-refractivity contribution in [3.63, 3.8) is 0 Å². The van der Waals surface area contributed by atoms with Gasteiger partial charge in [-0.3, -0.25) is 4.79 Å². The average molecular weight is 450 g/mol. The van der Waals surface area contributed by atoms with Crippen molar-refractivity contribution in [3.8, 4) is 16.9 Å². The molecular weight excluding hydrogens is 426 g/mol. The minimum Gasteiger partial charge on any atom is -0.489 e. The lowest BCUT2D eigenvalue weighted by Crippen LogP contribution is -2.24. The van der Waals surface area contributed by atoms with Crippen molar-refractivity contribution in [3.05, 3.63) is 114 Å². The maximum atomic E-state index is 12.7. The molecule has 0 aliphatic rings. The van der Waals surface area contributed by atoms with E-state index >= 15 is 0 Å². The van der Waals surface area contributed by atoms with Gasteiger partial charge in [0.1, 0.15) is 18.1 Å². The number of amides is 1. The second-order valence-corrected chi connectivity index (χ2v) is 7.82. The Bertz CT molecular complexity index is 1430. The molecule has 2 heterocycles. The second kappa shape index (κ2) is 9.46. The van der Waals surface area contributed by atoms with Gasteiger partial charge >= 0.3 is 0 Å². The van der Waals surface area contributed by atoms with Crippen LogP contribution in [0.25, 0.3) is 16.8 Å². The van der Waals surface area contributed by atoms with Gasteiger partial charge < -0.3 is 15.8 Å². The maximum Gasteiger partial charge on any atom is 0.270 e. The molecule has 5 rings (SSSR count). The van der Waals surface area contributed by atoms with Gasteiger partial charge in [0.05, 0.1) is 6.20 Å². The van der Waals surface area contributed by atoms with Crippen molar-refractivity contribution >= 4 is 17.2 Å². The van der Waals surface area contributed by atoms with Crippen LogP contribution < -0.4 is 15.8 Å². The van der Waals surface area contributed by atoms with Crippen molar-refractivity contribution in [2.75, 3.05) is 5.73 Å². The van der Waals surface area contributed by atoms with E-state index in [1.54, 1.807) is 23.0 Å². The molecule has 0 saturated carbocycles. The number of hydrogen-bond donors (Lipinski definition) is 2. The van der Waals surface area contributed by atoms with E-state index in [9.17, 15) is 4.79 Å². The van der Waals surface area contributed by atoms with Gasteiger partial charge in [0.15, 0.2) is 5.65 Å². The highest BCUT2D eigenvalue weighted by Gasteiger charge is 2.13. The lowest BCUT2D eigenvalue weighted by Gasteiger charge is -2.08. The second-order valence-electron chi connectivity index (χ2n) is 7.82. The zero-order valence-corrected chi connectivity index (χ0v) is 18.4. The van der Waals surface area contributed by atoms with Gasteiger partial charge in [0, 0.05) is 24.0 Å². The lowest BCUT2D eigenvalue weighted by molar-refractivity contribution is 0.0946. The van der Waals surface area contributed by atoms with Crippen LogP contribution in [0.3, 0.4) is 0 Å². The van der Waals surface area contributed by atoms with Gasteiger partial charge in [0.25, 0.3) is 5.91 Å². The molecule has 0 saturated heterocycles. The fraction of sp³-hybridized carbons (Fsp3) is 0.0741. The third-order valence-corrected chi connectivity index (χ3v) is 5.51. The summed E-state index contributed by atoms with van der Waals surface area (Å²) in [7, 11) is 0. The molecule has 0 spiro atoms. The first-order valence-corrected chi connectivity index (χ1v) is 10.9. The van der Waals surface area contributed by atoms with Crippen LogP contribution >= 0.6 is 0 Å². The number of nitrogens with two attached hydrogens (primary N) is 1. The van der Waals surface area contributed by atoms with E-state index < -0.39 is 0 Å². The molecule has 0 bridgehead atoms. The van der Waals surface area contributed by atoms with E-state index in [0.717, 1.165) is 28.0 Å². The fourth-order valence-electron chi connectivity index (χ4n) is 3.63. The minimum absolute atomic E-state index is 0.275. The summed E-state index contributed by atoms with van der Waals surface area (Å²) in [6, 6.07) is 26.9. The first-order valence-electron chi connectivity index (χ1n) is 10.9. The van der Waals surface area contributed by atoms with Gasteiger partial charge in [-0.2, -0.15) is 5.10 Å². The molecule has 0 unspecified atom stereocenters. The number of anilines is 1. The molecule has 0 atom stereocenters. The van der Waals surface area contributed by atoms with Crippen LogP contribution in [0.5, 0.6) is 5.75 Å². The molecule has 7 nitrogen and oxygen atoms in total. The SMILES string of the molecule is Nc1ccccc1CNC(=O)c1ccn2ncc(-c3ccc(OCc4ccccc4)cc3)c2n1. The molecule has 7 heteroatoms. The Morgan fingerprint density at radius 3 is 2.50 bits per heavy atom. The van der Waals surface area contributed by atoms with Crippen molar-refractivity contribution in [2.45, 2.75) is 13.2 Å². The van der Waals surface area contributed by atoms with Gasteiger partial charge in [-0.25, -0.2) is 9.50 Å². The summed E-state index contributed by atoms with van der Waals surface area (Å²) >= 11 is 0. The van der Waals surface area contributed by atoms with Gasteiger partial charge in [-0.15, -0.1) is 0 Å². The molecule has 34 heavy (non-hydrogen) atoms. The van der Waals surface area contributed by atoms with Crippen LogP contribution in [0, 0.1) is 0 Å². The van der Waals surface area contributed by atoms with Crippen LogP contribution in [0.2, 0.25) is 0 Å². The van der Waals surface area contributed by atoms with Crippen LogP contribution in [-0.4, -0.2) is 20.5 Å². The van der Waals surface area contributed by atoms with Crippen molar-refractivity contribution < 1.29 is 9.53 Å². The molecular formula is C27H23N5O2. The number of rotatable bonds is 7. The van der Waals surface area contributed by atoms with Crippen molar-refractivity contribution in [1.29, 1.82) is 0 Å². The molecule has 168 valence electrons. The highest BCUT2D eigenvalue weighted by atomic mass is 16.5. The summed E-state index contributed by atoms with van der Waals surface area (Å²) in [5.74, 6) is 0.500. The third kappa shape index (κ3) is 4.59. The summed E-state index contributed by atoms with van der Waals surface area (Å²) < 4.78 is 7.53. The zero-order chi connectivity index (χ0) is 23.3. The molecule has 3 aromatic carbocycles. The number of carbonyl (C=O) groups excluding carboxylic acids is 1. The number of aromatic nitrogens is 3. The fourth-order valence-corrected chi connectivity index (χ4v) is 3.63. The number of nitrogens with zero attached hydrogens (tertiary/aromatic N) is 3. The largest absolute Gasteiger partial charge is 0.489 e. The summed E-state index contributed by atoms with van der Waals surface area (Å²) in [5.41, 5.74) is 11.2. The summed E-state index contributed by atoms with van der Waals surface area (Å²) in [6.45, 7) is 0.834. The molecule has 5 aromatic rings. The van der Waals surface area contributed by atoms with Crippen LogP contribution in [0.15, 0.2) is 97.3 Å². The van der Waals surface area contributed by atoms with Crippen molar-refractivity contribution in [1.82, 2.24) is 19.9 Å². The highest BCUT2D eigenvalue weighted by Crippen LogP contribution is 2.26. The number of nitrogens with one attached hydrogen (secondary N) is 1. The van der Waals surface area contributed by atoms with Crippen LogP contribution in [0.4, 0.5) is 5.69 Å². The summed E-state index contributed by atoms with van der Waals surface area (Å²) in [4.78, 5) is 17.3. The Morgan fingerprint density at radius 1 is 0.941 bits per heavy atom. The highest BCUT2D eigenvalue weighted by molar-refractivity contribution is 5.93. The number of nitrogen functional groups attached to an aromatic ring is 1. The van der Waals surface area contributed by atoms with E-state index in [4.69, 9.17) is 10.5 Å². The Labute approximate surface area is 196 Å². The quantitative estimate of drug-likeness (QED) is 0.357. The number of carbonyl (C=O) groups is 1. The number of para-hydroxylation sites is 1. The lowest BCUT2D eigenvalue weighted by atomic mass is 10.1. The smallest absolute Gasteiger partial charge is 0.270 e. The Hall–Kier alpha value is -4.65. The minimum atomic E-state index is -0.275. The first kappa shape index (κ1) is 21.2. The predicted molar refractivity (Wildman–Crippen MR) is 131 cm³/mol. The number of fused-ring (bicyclic) bond motifs is 1. The molecule has 0 aliphatic heterocycles. The first-order chi connectivity index (χ1) is 16.7. The van der Waals surface area contributed by atoms with E-state index in [2.05, 4.69) is 15.4 Å². The predicted octanol–water partition coefficient (Wildman–Crippen LogP) is 4.49. The molecule has 3 N–H and O–H groups in total. The summed E-state index contributed by atoms with van der Waals surface area (Å²) in [5, 5.41) is 7.25. The molecule has 0 fully saturated rings. The van der Waals surface area contributed by atoms with E-state index in [-0.39, 0.29) is 5.91 Å². The van der Waals surface area contributed by atoms with E-state index in [0.29, 0.717) is 30.2 Å². The molecule has 1 amide bonds. The Kier molecular flexibility index (Phi) is 5.90. The van der Waals surface area contributed by atoms with Crippen LogP contribution in [-0.2, 0) is 13.2 Å². The standard InChI is InChI=1S/C27H23N5O2/c28-24-9-5-4-8-21(24)16-29-27(33)25-14-15-32-26(31-25)23(17-30-32)20-10-12-22(13-11-20)34-18-19-6-2-1-3-7-19/h1-15,17H,16,18,28H2,(H,29,33). The Balaban J connectivity index is 1.31. The number of hydrogen-bond acceptors (Lipinski definition) is 5. The molecule has 0 radical (unpaired) electrons. The van der Waals surface area contributed by atoms with Crippen molar-refractivity contribution in [2.24, 2.45) is 0 Å². The molecule has 0 aliphatic carbocycles. The molecule has 2 aromatic heterocycles. The topological polar surface area (TPSA) is 94.5 Å². The zero-order valence-electron chi connectivity index (χ0n) is 18.4. The average Bonchev–Trinajstić information content (AvgIpc) is 3.31. The van der Waals surface area contributed by atoms with Crippen LogP contribution in [0.1, 0.15) is 21.6 Å². The Morgan fingerprint density at radius 2 is 1.71 bits per heavy atom. The monoisotopic (exact) mass is 449 g/mol.